The van der Waals surface area contributed by atoms with Crippen LogP contribution in [0.1, 0.15) is 5.56 Å². The van der Waals surface area contributed by atoms with Gasteiger partial charge in [0.05, 0.1) is 4.34 Å². The van der Waals surface area contributed by atoms with Gasteiger partial charge in [0, 0.05) is 11.3 Å². The number of sulfonamides is 1. The highest BCUT2D eigenvalue weighted by molar-refractivity contribution is 7.93. The Hall–Kier alpha value is -0.860. The summed E-state index contributed by atoms with van der Waals surface area (Å²) in [7, 11) is -3.81. The molecule has 0 radical (unpaired) electrons. The second-order valence-corrected chi connectivity index (χ2v) is 8.12. The van der Waals surface area contributed by atoms with Gasteiger partial charge in [0.15, 0.2) is 0 Å². The average Bonchev–Trinajstić information content (AvgIpc) is 2.69. The zero-order valence-electron chi connectivity index (χ0n) is 9.76. The molecule has 106 valence electrons. The first-order valence-corrected chi connectivity index (χ1v) is 8.63. The minimum atomic E-state index is -3.81. The van der Waals surface area contributed by atoms with Crippen molar-refractivity contribution in [3.63, 3.8) is 0 Å². The molecule has 1 aromatic heterocycles. The molecule has 0 amide bonds. The number of nitrogens with one attached hydrogen (secondary N) is 1. The first-order valence-electron chi connectivity index (χ1n) is 5.17. The van der Waals surface area contributed by atoms with E-state index in [2.05, 4.69) is 4.72 Å². The molecule has 20 heavy (non-hydrogen) atoms. The lowest BCUT2D eigenvalue weighted by Crippen LogP contribution is -2.14. The Morgan fingerprint density at radius 2 is 2.00 bits per heavy atom. The largest absolute Gasteiger partial charge is 0.389 e. The Morgan fingerprint density at radius 1 is 1.30 bits per heavy atom. The van der Waals surface area contributed by atoms with E-state index in [9.17, 15) is 8.42 Å². The Kier molecular flexibility index (Phi) is 4.55. The maximum Gasteiger partial charge on any atom is 0.264 e. The highest BCUT2D eigenvalue weighted by Gasteiger charge is 2.21. The predicted molar refractivity (Wildman–Crippen MR) is 87.5 cm³/mol. The summed E-state index contributed by atoms with van der Waals surface area (Å²) >= 11 is 17.4. The van der Waals surface area contributed by atoms with E-state index in [1.807, 2.05) is 0 Å². The van der Waals surface area contributed by atoms with Crippen molar-refractivity contribution in [3.8, 4) is 0 Å². The van der Waals surface area contributed by atoms with Crippen LogP contribution in [0.25, 0.3) is 0 Å². The Balaban J connectivity index is 2.36. The first-order chi connectivity index (χ1) is 9.29. The third kappa shape index (κ3) is 3.42. The second kappa shape index (κ2) is 5.87. The second-order valence-electron chi connectivity index (χ2n) is 3.74. The van der Waals surface area contributed by atoms with E-state index in [-0.39, 0.29) is 14.2 Å². The predicted octanol–water partition coefficient (Wildman–Crippen LogP) is 3.49. The van der Waals surface area contributed by atoms with Crippen LogP contribution in [0, 0.1) is 0 Å². The minimum Gasteiger partial charge on any atom is -0.389 e. The molecule has 0 saturated carbocycles. The maximum atomic E-state index is 12.2. The topological polar surface area (TPSA) is 72.2 Å². The molecule has 0 spiro atoms. The molecular weight excluding hydrogens is 359 g/mol. The highest BCUT2D eigenvalue weighted by Crippen LogP contribution is 2.35. The number of hydrogen-bond donors (Lipinski definition) is 2. The van der Waals surface area contributed by atoms with Crippen LogP contribution < -0.4 is 10.5 Å². The lowest BCUT2D eigenvalue weighted by atomic mass is 10.2. The SMILES string of the molecule is NC(=S)c1cccc(NS(=O)(=O)c2cc(Cl)sc2Cl)c1. The van der Waals surface area contributed by atoms with Gasteiger partial charge in [0.2, 0.25) is 0 Å². The number of hydrogen-bond acceptors (Lipinski definition) is 4. The van der Waals surface area contributed by atoms with Crippen LogP contribution in [0.15, 0.2) is 35.2 Å². The van der Waals surface area contributed by atoms with E-state index in [0.29, 0.717) is 15.6 Å². The quantitative estimate of drug-likeness (QED) is 0.812. The summed E-state index contributed by atoms with van der Waals surface area (Å²) in [5.41, 5.74) is 6.41. The third-order valence-electron chi connectivity index (χ3n) is 2.31. The van der Waals surface area contributed by atoms with Gasteiger partial charge in [-0.2, -0.15) is 0 Å². The molecule has 1 aromatic carbocycles. The fraction of sp³-hybridized carbons (Fsp3) is 0. The maximum absolute atomic E-state index is 12.2. The van der Waals surface area contributed by atoms with Crippen LogP contribution in [0.4, 0.5) is 5.69 Å². The molecule has 4 nitrogen and oxygen atoms in total. The van der Waals surface area contributed by atoms with Crippen LogP contribution in [0.2, 0.25) is 8.67 Å². The summed E-state index contributed by atoms with van der Waals surface area (Å²) in [5.74, 6) is 0. The van der Waals surface area contributed by atoms with Crippen molar-refractivity contribution >= 4 is 67.5 Å². The number of rotatable bonds is 4. The van der Waals surface area contributed by atoms with E-state index in [1.165, 1.54) is 6.07 Å². The van der Waals surface area contributed by atoms with E-state index in [0.717, 1.165) is 11.3 Å². The van der Waals surface area contributed by atoms with E-state index in [1.54, 1.807) is 24.3 Å². The molecule has 3 N–H and O–H groups in total. The molecule has 0 fully saturated rings. The molecule has 0 bridgehead atoms. The summed E-state index contributed by atoms with van der Waals surface area (Å²) in [5, 5.41) is 0. The van der Waals surface area contributed by atoms with Crippen molar-refractivity contribution in [2.45, 2.75) is 4.90 Å². The monoisotopic (exact) mass is 366 g/mol. The van der Waals surface area contributed by atoms with Crippen LogP contribution in [0.3, 0.4) is 0 Å². The summed E-state index contributed by atoms with van der Waals surface area (Å²) < 4.78 is 27.2. The van der Waals surface area contributed by atoms with Gasteiger partial charge in [-0.05, 0) is 18.2 Å². The summed E-state index contributed by atoms with van der Waals surface area (Å²) in [6.07, 6.45) is 0. The molecule has 0 atom stereocenters. The van der Waals surface area contributed by atoms with Gasteiger partial charge in [-0.15, -0.1) is 11.3 Å². The normalized spacial score (nSPS) is 11.3. The Morgan fingerprint density at radius 3 is 2.55 bits per heavy atom. The van der Waals surface area contributed by atoms with E-state index < -0.39 is 10.0 Å². The first kappa shape index (κ1) is 15.5. The Labute approximate surface area is 135 Å². The average molecular weight is 367 g/mol. The lowest BCUT2D eigenvalue weighted by Gasteiger charge is -2.08. The van der Waals surface area contributed by atoms with Gasteiger partial charge in [0.25, 0.3) is 10.0 Å². The molecular formula is C11H8Cl2N2O2S3. The van der Waals surface area contributed by atoms with Crippen molar-refractivity contribution in [1.29, 1.82) is 0 Å². The van der Waals surface area contributed by atoms with Crippen molar-refractivity contribution in [1.82, 2.24) is 0 Å². The van der Waals surface area contributed by atoms with Crippen molar-refractivity contribution in [2.24, 2.45) is 5.73 Å². The van der Waals surface area contributed by atoms with Crippen LogP contribution >= 0.6 is 46.8 Å². The molecule has 0 aliphatic heterocycles. The zero-order valence-corrected chi connectivity index (χ0v) is 13.7. The third-order valence-corrected chi connectivity index (χ3v) is 5.68. The lowest BCUT2D eigenvalue weighted by molar-refractivity contribution is 0.601. The molecule has 0 aliphatic carbocycles. The standard InChI is InChI=1S/C11H8Cl2N2O2S3/c12-9-5-8(10(13)19-9)20(16,17)15-7-3-1-2-6(4-7)11(14)18/h1-5,15H,(H2,14,18). The smallest absolute Gasteiger partial charge is 0.264 e. The van der Waals surface area contributed by atoms with Crippen molar-refractivity contribution in [2.75, 3.05) is 4.72 Å². The molecule has 2 rings (SSSR count). The summed E-state index contributed by atoms with van der Waals surface area (Å²) in [4.78, 5) is 0.123. The van der Waals surface area contributed by atoms with Gasteiger partial charge in [-0.25, -0.2) is 8.42 Å². The molecule has 0 unspecified atom stereocenters. The van der Waals surface area contributed by atoms with Gasteiger partial charge in [0.1, 0.15) is 14.2 Å². The van der Waals surface area contributed by atoms with Crippen molar-refractivity contribution < 1.29 is 8.42 Å². The molecule has 2 aromatic rings. The zero-order chi connectivity index (χ0) is 14.9. The highest BCUT2D eigenvalue weighted by atomic mass is 35.5. The fourth-order valence-corrected chi connectivity index (χ4v) is 4.78. The number of benzene rings is 1. The number of nitrogens with two attached hydrogens (primary N) is 1. The number of halogens is 2. The summed E-state index contributed by atoms with van der Waals surface area (Å²) in [6.45, 7) is 0. The van der Waals surface area contributed by atoms with E-state index in [4.69, 9.17) is 41.2 Å². The molecule has 1 heterocycles. The van der Waals surface area contributed by atoms with Crippen LogP contribution in [-0.2, 0) is 10.0 Å². The molecule has 0 aliphatic rings. The van der Waals surface area contributed by atoms with Crippen LogP contribution in [-0.4, -0.2) is 13.4 Å². The van der Waals surface area contributed by atoms with E-state index >= 15 is 0 Å². The summed E-state index contributed by atoms with van der Waals surface area (Å²) in [6, 6.07) is 7.76. The Bertz CT molecular complexity index is 772. The fourth-order valence-electron chi connectivity index (χ4n) is 1.45. The minimum absolute atomic E-state index is 0.0603. The number of thiocarbonyl (C=S) groups is 1. The number of anilines is 1. The van der Waals surface area contributed by atoms with Gasteiger partial charge >= 0.3 is 0 Å². The number of thiophene rings is 1. The van der Waals surface area contributed by atoms with Gasteiger partial charge in [-0.3, -0.25) is 4.72 Å². The van der Waals surface area contributed by atoms with Gasteiger partial charge in [-0.1, -0.05) is 47.6 Å². The van der Waals surface area contributed by atoms with Crippen LogP contribution in [0.5, 0.6) is 0 Å². The molecule has 9 heteroatoms. The molecule has 0 saturated heterocycles. The van der Waals surface area contributed by atoms with Gasteiger partial charge < -0.3 is 5.73 Å². The van der Waals surface area contributed by atoms with Crippen molar-refractivity contribution in [3.05, 3.63) is 44.6 Å².